The molecule has 0 saturated heterocycles. The van der Waals surface area contributed by atoms with Crippen LogP contribution in [0.3, 0.4) is 0 Å². The van der Waals surface area contributed by atoms with Crippen molar-refractivity contribution in [3.8, 4) is 0 Å². The average molecular weight is 848 g/mol. The van der Waals surface area contributed by atoms with E-state index < -0.39 is 83.5 Å². The van der Waals surface area contributed by atoms with Gasteiger partial charge in [-0.15, -0.1) is 0 Å². The van der Waals surface area contributed by atoms with Gasteiger partial charge in [-0.05, 0) is 71.1 Å². The molecule has 6 N–H and O–H groups in total. The molecule has 1 heterocycles. The second-order valence-corrected chi connectivity index (χ2v) is 15.8. The van der Waals surface area contributed by atoms with Crippen LogP contribution in [0.2, 0.25) is 5.28 Å². The number of aromatic nitrogens is 3. The quantitative estimate of drug-likeness (QED) is 0.0610. The number of non-ortho nitro benzene ring substituents is 1. The molecule has 0 saturated carbocycles. The van der Waals surface area contributed by atoms with Crippen LogP contribution in [0.5, 0.6) is 0 Å². The zero-order chi connectivity index (χ0) is 40.9. The number of anilines is 5. The zero-order valence-electron chi connectivity index (χ0n) is 27.0. The summed E-state index contributed by atoms with van der Waals surface area (Å²) in [5.41, 5.74) is -0.625. The fourth-order valence-corrected chi connectivity index (χ4v) is 7.35. The Morgan fingerprint density at radius 3 is 1.96 bits per heavy atom. The number of carbonyl (C=O) groups excluding carboxylic acids is 1. The predicted molar refractivity (Wildman–Crippen MR) is 196 cm³/mol. The summed E-state index contributed by atoms with van der Waals surface area (Å²) in [7, 11) is -15.0. The maximum atomic E-state index is 13.6. The Kier molecular flexibility index (Phi) is 9.97. The third-order valence-electron chi connectivity index (χ3n) is 7.57. The average Bonchev–Trinajstić information content (AvgIpc) is 3.09. The lowest BCUT2D eigenvalue weighted by molar-refractivity contribution is -0.393. The van der Waals surface area contributed by atoms with Gasteiger partial charge in [-0.2, -0.15) is 45.3 Å². The molecule has 5 aromatic rings. The van der Waals surface area contributed by atoms with Crippen molar-refractivity contribution in [3.05, 3.63) is 108 Å². The molecule has 0 amide bonds. The number of nitrogens with zero attached hydrogens (tertiary/aromatic N) is 6. The number of allylic oxidation sites excluding steroid dienone is 1. The van der Waals surface area contributed by atoms with Crippen molar-refractivity contribution in [1.82, 2.24) is 15.0 Å². The Morgan fingerprint density at radius 1 is 0.732 bits per heavy atom. The fourth-order valence-electron chi connectivity index (χ4n) is 5.17. The van der Waals surface area contributed by atoms with Crippen molar-refractivity contribution < 1.29 is 53.6 Å². The van der Waals surface area contributed by atoms with E-state index in [1.807, 2.05) is 0 Å². The first-order chi connectivity index (χ1) is 26.1. The standard InChI is InChI=1S/C29H18ClN9O14S3/c30-27-33-28(31-15-3-5-19-14(7-15)8-18(54(45,46)47)12-23(19)55(48,49)50)35-29(34-27)32-16-2-1-13-9-24(56(51,52)53)25(26(40)20(13)10-16)37-36-21-6-4-17(38(41)42)11-22(21)39(43)44/h1-12,36H,(H,45,46,47)(H,48,49,50)(H,51,52,53)(H2,31,32,33,34,35). The zero-order valence-corrected chi connectivity index (χ0v) is 30.3. The Bertz CT molecular complexity index is 2980. The van der Waals surface area contributed by atoms with Crippen LogP contribution in [0, 0.1) is 20.2 Å². The lowest BCUT2D eigenvalue weighted by atomic mass is 9.94. The van der Waals surface area contributed by atoms with Crippen molar-refractivity contribution in [2.24, 2.45) is 5.10 Å². The van der Waals surface area contributed by atoms with E-state index in [9.17, 15) is 63.9 Å². The number of nitro benzene ring substituents is 2. The predicted octanol–water partition coefficient (Wildman–Crippen LogP) is 4.37. The first-order valence-corrected chi connectivity index (χ1v) is 19.4. The van der Waals surface area contributed by atoms with E-state index in [-0.39, 0.29) is 50.5 Å². The van der Waals surface area contributed by atoms with Crippen molar-refractivity contribution in [2.75, 3.05) is 16.1 Å². The molecule has 0 atom stereocenters. The maximum absolute atomic E-state index is 13.6. The SMILES string of the molecule is O=C1C(=NNc2ccc([N+](=O)[O-])cc2[N+](=O)[O-])C(S(=O)(=O)O)=Cc2ccc(Nc3nc(Cl)nc(Nc4ccc5c(S(=O)(=O)O)cc(S(=O)(=O)O)cc5c4)n3)cc21. The number of rotatable bonds is 11. The first-order valence-electron chi connectivity index (χ1n) is 14.7. The fraction of sp³-hybridized carbons (Fsp3) is 0. The minimum atomic E-state index is -5.12. The van der Waals surface area contributed by atoms with E-state index in [2.05, 4.69) is 36.1 Å². The van der Waals surface area contributed by atoms with Gasteiger partial charge in [-0.1, -0.05) is 12.1 Å². The molecular formula is C29H18ClN9O14S3. The normalized spacial score (nSPS) is 13.9. The first kappa shape index (κ1) is 39.2. The van der Waals surface area contributed by atoms with Crippen LogP contribution in [-0.2, 0) is 30.4 Å². The number of ketones is 1. The molecule has 0 spiro atoms. The summed E-state index contributed by atoms with van der Waals surface area (Å²) in [5, 5.41) is 31.3. The van der Waals surface area contributed by atoms with Crippen LogP contribution in [0.15, 0.2) is 86.5 Å². The molecule has 0 radical (unpaired) electrons. The summed E-state index contributed by atoms with van der Waals surface area (Å²) < 4.78 is 101. The largest absolute Gasteiger partial charge is 0.324 e. The van der Waals surface area contributed by atoms with Gasteiger partial charge >= 0.3 is 5.69 Å². The van der Waals surface area contributed by atoms with Crippen molar-refractivity contribution in [2.45, 2.75) is 9.79 Å². The van der Waals surface area contributed by atoms with Crippen molar-refractivity contribution in [1.29, 1.82) is 0 Å². The molecule has 1 aromatic heterocycles. The molecular weight excluding hydrogens is 830 g/mol. The minimum absolute atomic E-state index is 0.00455. The topological polar surface area (TPSA) is 354 Å². The lowest BCUT2D eigenvalue weighted by Gasteiger charge is -2.17. The second kappa shape index (κ2) is 14.3. The minimum Gasteiger partial charge on any atom is -0.324 e. The lowest BCUT2D eigenvalue weighted by Crippen LogP contribution is -2.27. The van der Waals surface area contributed by atoms with Gasteiger partial charge in [0, 0.05) is 28.4 Å². The third kappa shape index (κ3) is 8.24. The van der Waals surface area contributed by atoms with E-state index in [1.165, 1.54) is 36.4 Å². The number of hydrogen-bond donors (Lipinski definition) is 6. The summed E-state index contributed by atoms with van der Waals surface area (Å²) >= 11 is 6.10. The second-order valence-electron chi connectivity index (χ2n) is 11.2. The number of halogens is 1. The van der Waals surface area contributed by atoms with Crippen molar-refractivity contribution in [3.63, 3.8) is 0 Å². The number of nitrogens with one attached hydrogen (secondary N) is 3. The number of carbonyl (C=O) groups is 1. The Balaban J connectivity index is 1.31. The van der Waals surface area contributed by atoms with Crippen molar-refractivity contribution >= 4 is 111 Å². The van der Waals surface area contributed by atoms with Crippen LogP contribution >= 0.6 is 11.6 Å². The molecule has 4 aromatic carbocycles. The summed E-state index contributed by atoms with van der Waals surface area (Å²) in [6.07, 6.45) is 0.907. The maximum Gasteiger partial charge on any atom is 0.301 e. The molecule has 1 aliphatic rings. The molecule has 23 nitrogen and oxygen atoms in total. The monoisotopic (exact) mass is 847 g/mol. The van der Waals surface area contributed by atoms with Crippen LogP contribution < -0.4 is 16.1 Å². The van der Waals surface area contributed by atoms with E-state index in [0.717, 1.165) is 24.3 Å². The molecule has 56 heavy (non-hydrogen) atoms. The highest BCUT2D eigenvalue weighted by Gasteiger charge is 2.33. The number of hydrogen-bond acceptors (Lipinski definition) is 18. The van der Waals surface area contributed by atoms with E-state index in [1.54, 1.807) is 0 Å². The molecule has 0 fully saturated rings. The van der Waals surface area contributed by atoms with Gasteiger partial charge < -0.3 is 10.6 Å². The number of benzene rings is 4. The Morgan fingerprint density at radius 2 is 1.38 bits per heavy atom. The van der Waals surface area contributed by atoms with Gasteiger partial charge in [0.25, 0.3) is 36.0 Å². The van der Waals surface area contributed by atoms with Crippen LogP contribution in [-0.4, -0.2) is 75.2 Å². The van der Waals surface area contributed by atoms with Gasteiger partial charge in [0.05, 0.1) is 20.8 Å². The highest BCUT2D eigenvalue weighted by Crippen LogP contribution is 2.33. The van der Waals surface area contributed by atoms with Crippen LogP contribution in [0.4, 0.5) is 40.3 Å². The number of nitro groups is 2. The summed E-state index contributed by atoms with van der Waals surface area (Å²) in [6, 6.07) is 11.6. The van der Waals surface area contributed by atoms with Crippen LogP contribution in [0.1, 0.15) is 15.9 Å². The van der Waals surface area contributed by atoms with Gasteiger partial charge in [0.1, 0.15) is 15.5 Å². The van der Waals surface area contributed by atoms with Gasteiger partial charge in [0.15, 0.2) is 5.71 Å². The Labute approximate surface area is 317 Å². The summed E-state index contributed by atoms with van der Waals surface area (Å²) in [4.78, 5) is 43.9. The van der Waals surface area contributed by atoms with E-state index in [4.69, 9.17) is 11.6 Å². The van der Waals surface area contributed by atoms with E-state index >= 15 is 0 Å². The number of hydrazone groups is 1. The summed E-state index contributed by atoms with van der Waals surface area (Å²) in [5.74, 6) is -1.53. The number of fused-ring (bicyclic) bond motifs is 2. The molecule has 27 heteroatoms. The van der Waals surface area contributed by atoms with Crippen LogP contribution in [0.25, 0.3) is 16.8 Å². The van der Waals surface area contributed by atoms with Gasteiger partial charge in [-0.25, -0.2) is 0 Å². The van der Waals surface area contributed by atoms with Gasteiger partial charge in [0.2, 0.25) is 23.0 Å². The molecule has 6 rings (SSSR count). The number of Topliss-reactive ketones (excluding diaryl/α,β-unsaturated/α-hetero) is 1. The molecule has 1 aliphatic carbocycles. The smallest absolute Gasteiger partial charge is 0.301 e. The highest BCUT2D eigenvalue weighted by molar-refractivity contribution is 7.91. The molecule has 288 valence electrons. The molecule has 0 bridgehead atoms. The summed E-state index contributed by atoms with van der Waals surface area (Å²) in [6.45, 7) is 0. The third-order valence-corrected chi connectivity index (χ3v) is 10.3. The van der Waals surface area contributed by atoms with Gasteiger partial charge in [-0.3, -0.25) is 44.1 Å². The highest BCUT2D eigenvalue weighted by atomic mass is 35.5. The Hall–Kier alpha value is -6.55. The molecule has 0 unspecified atom stereocenters. The van der Waals surface area contributed by atoms with E-state index in [0.29, 0.717) is 12.1 Å². The molecule has 0 aliphatic heterocycles.